The van der Waals surface area contributed by atoms with E-state index in [1.807, 2.05) is 0 Å². The topological polar surface area (TPSA) is 21.1 Å². The summed E-state index contributed by atoms with van der Waals surface area (Å²) in [5, 5.41) is 2.39. The first-order valence-corrected chi connectivity index (χ1v) is 5.73. The van der Waals surface area contributed by atoms with Crippen LogP contribution in [0.25, 0.3) is 5.57 Å². The summed E-state index contributed by atoms with van der Waals surface area (Å²) in [7, 11) is 2.29. The molecular weight excluding hydrogens is 255 g/mol. The predicted octanol–water partition coefficient (Wildman–Crippen LogP) is -6.16. The van der Waals surface area contributed by atoms with Gasteiger partial charge in [0.15, 0.2) is 0 Å². The van der Waals surface area contributed by atoms with Gasteiger partial charge in [-0.05, 0) is 13.0 Å². The van der Waals surface area contributed by atoms with E-state index in [9.17, 15) is 0 Å². The Morgan fingerprint density at radius 2 is 2.00 bits per heavy atom. The second-order valence-corrected chi connectivity index (χ2v) is 4.87. The second kappa shape index (κ2) is 5.40. The summed E-state index contributed by atoms with van der Waals surface area (Å²) < 4.78 is 0. The van der Waals surface area contributed by atoms with E-state index in [-0.39, 0.29) is 24.8 Å². The van der Waals surface area contributed by atoms with Crippen LogP contribution in [0.1, 0.15) is 17.5 Å². The van der Waals surface area contributed by atoms with Crippen molar-refractivity contribution in [3.63, 3.8) is 0 Å². The number of quaternary nitrogens is 2. The van der Waals surface area contributed by atoms with E-state index < -0.39 is 0 Å². The van der Waals surface area contributed by atoms with Crippen molar-refractivity contribution < 1.29 is 35.0 Å². The summed E-state index contributed by atoms with van der Waals surface area (Å²) >= 11 is 0. The smallest absolute Gasteiger partial charge is 0.142 e. The number of hydrogen-bond acceptors (Lipinski definition) is 0. The fourth-order valence-corrected chi connectivity index (χ4v) is 2.68. The van der Waals surface area contributed by atoms with Crippen molar-refractivity contribution in [2.24, 2.45) is 0 Å². The second-order valence-electron chi connectivity index (χ2n) is 4.87. The van der Waals surface area contributed by atoms with E-state index in [0.717, 1.165) is 0 Å². The first kappa shape index (κ1) is 14.5. The fraction of sp³-hybridized carbons (Fsp3) is 0.385. The molecule has 2 aliphatic rings. The number of fused-ring (bicyclic) bond motifs is 2. The van der Waals surface area contributed by atoms with Crippen LogP contribution in [0.2, 0.25) is 0 Å². The van der Waals surface area contributed by atoms with Gasteiger partial charge in [-0.3, -0.25) is 5.32 Å². The molecule has 0 fully saturated rings. The van der Waals surface area contributed by atoms with E-state index in [0.29, 0.717) is 0 Å². The van der Waals surface area contributed by atoms with Crippen molar-refractivity contribution in [1.29, 1.82) is 0 Å². The summed E-state index contributed by atoms with van der Waals surface area (Å²) in [6.45, 7) is 4.66. The predicted molar refractivity (Wildman–Crippen MR) is 60.9 cm³/mol. The lowest BCUT2D eigenvalue weighted by Crippen LogP contribution is -3.10. The molecule has 94 valence electrons. The molecule has 0 radical (unpaired) electrons. The maximum Gasteiger partial charge on any atom is 0.142 e. The van der Waals surface area contributed by atoms with Crippen molar-refractivity contribution in [3.8, 4) is 0 Å². The summed E-state index contributed by atoms with van der Waals surface area (Å²) in [4.78, 5) is 1.64. The molecule has 1 atom stereocenters. The molecule has 3 N–H and O–H groups in total. The third-order valence-electron chi connectivity index (χ3n) is 3.55. The molecule has 1 aromatic rings. The summed E-state index contributed by atoms with van der Waals surface area (Å²) in [6, 6.07) is 6.81. The highest BCUT2D eigenvalue weighted by molar-refractivity contribution is 5.78. The van der Waals surface area contributed by atoms with Crippen molar-refractivity contribution >= 4 is 11.3 Å². The highest BCUT2D eigenvalue weighted by Crippen LogP contribution is 2.29. The first-order chi connectivity index (χ1) is 7.24. The molecular formula is C13H18Cl2N2. The van der Waals surface area contributed by atoms with E-state index >= 15 is 0 Å². The van der Waals surface area contributed by atoms with Crippen LogP contribution in [-0.4, -0.2) is 20.1 Å². The van der Waals surface area contributed by atoms with Crippen LogP contribution in [0.3, 0.4) is 0 Å². The lowest BCUT2D eigenvalue weighted by molar-refractivity contribution is -0.874. The van der Waals surface area contributed by atoms with Crippen LogP contribution in [-0.2, 0) is 0 Å². The number of halogens is 2. The minimum atomic E-state index is 0. The van der Waals surface area contributed by atoms with Crippen LogP contribution in [0, 0.1) is 6.92 Å². The number of benzene rings is 1. The van der Waals surface area contributed by atoms with Crippen molar-refractivity contribution in [2.75, 3.05) is 20.1 Å². The molecule has 0 aromatic heterocycles. The number of nitrogens with one attached hydrogen (secondary N) is 1. The van der Waals surface area contributed by atoms with Gasteiger partial charge in [-0.15, -0.1) is 0 Å². The molecule has 3 rings (SSSR count). The Balaban J connectivity index is 0.000000722. The SMILES string of the molecule is Cc1ccc2c(c1)C1=C(CC[NH+](C)C1)[NH2+]2.[Cl-].[Cl-]. The molecule has 0 saturated heterocycles. The Morgan fingerprint density at radius 1 is 1.24 bits per heavy atom. The van der Waals surface area contributed by atoms with Crippen LogP contribution >= 0.6 is 0 Å². The van der Waals surface area contributed by atoms with Crippen molar-refractivity contribution in [2.45, 2.75) is 13.3 Å². The zero-order chi connectivity index (χ0) is 10.4. The third kappa shape index (κ3) is 2.50. The summed E-state index contributed by atoms with van der Waals surface area (Å²) in [6.07, 6.45) is 1.24. The van der Waals surface area contributed by atoms with E-state index in [2.05, 4.69) is 37.5 Å². The minimum absolute atomic E-state index is 0. The zero-order valence-corrected chi connectivity index (χ0v) is 11.7. The van der Waals surface area contributed by atoms with E-state index in [4.69, 9.17) is 0 Å². The Morgan fingerprint density at radius 3 is 2.76 bits per heavy atom. The van der Waals surface area contributed by atoms with E-state index in [1.165, 1.54) is 36.3 Å². The van der Waals surface area contributed by atoms with Crippen LogP contribution in [0.5, 0.6) is 0 Å². The number of rotatable bonds is 0. The van der Waals surface area contributed by atoms with Gasteiger partial charge in [0.25, 0.3) is 0 Å². The molecule has 2 aliphatic heterocycles. The van der Waals surface area contributed by atoms with Gasteiger partial charge in [0.1, 0.15) is 17.9 Å². The average Bonchev–Trinajstić information content (AvgIpc) is 2.56. The van der Waals surface area contributed by atoms with Gasteiger partial charge in [0.05, 0.1) is 31.1 Å². The molecule has 1 unspecified atom stereocenters. The first-order valence-electron chi connectivity index (χ1n) is 5.73. The summed E-state index contributed by atoms with van der Waals surface area (Å²) in [5.74, 6) is 0. The lowest BCUT2D eigenvalue weighted by Gasteiger charge is -2.18. The van der Waals surface area contributed by atoms with E-state index in [1.54, 1.807) is 16.2 Å². The maximum atomic E-state index is 2.39. The molecule has 1 aromatic carbocycles. The highest BCUT2D eigenvalue weighted by Gasteiger charge is 2.31. The monoisotopic (exact) mass is 272 g/mol. The largest absolute Gasteiger partial charge is 1.00 e. The zero-order valence-electron chi connectivity index (χ0n) is 10.2. The summed E-state index contributed by atoms with van der Waals surface area (Å²) in [5.41, 5.74) is 7.47. The Labute approximate surface area is 115 Å². The number of aryl methyl sites for hydroxylation is 1. The van der Waals surface area contributed by atoms with Gasteiger partial charge in [-0.1, -0.05) is 11.6 Å². The molecule has 0 spiro atoms. The van der Waals surface area contributed by atoms with Gasteiger partial charge in [0, 0.05) is 6.07 Å². The molecule has 17 heavy (non-hydrogen) atoms. The standard InChI is InChI=1S/C13H16N2.2ClH/c1-9-3-4-12-10(7-9)11-8-15(2)6-5-13(11)14-12;;/h3-4,7,14H,5-6,8H2,1-2H3;2*1H. The van der Waals surface area contributed by atoms with Crippen LogP contribution in [0.4, 0.5) is 5.69 Å². The van der Waals surface area contributed by atoms with Gasteiger partial charge in [-0.25, -0.2) is 0 Å². The van der Waals surface area contributed by atoms with Gasteiger partial charge < -0.3 is 29.7 Å². The average molecular weight is 273 g/mol. The fourth-order valence-electron chi connectivity index (χ4n) is 2.68. The Kier molecular flexibility index (Phi) is 4.62. The van der Waals surface area contributed by atoms with Gasteiger partial charge in [-0.2, -0.15) is 0 Å². The molecule has 0 aliphatic carbocycles. The highest BCUT2D eigenvalue weighted by atomic mass is 35.5. The number of hydrogen-bond donors (Lipinski definition) is 2. The lowest BCUT2D eigenvalue weighted by atomic mass is 10.00. The molecule has 2 nitrogen and oxygen atoms in total. The Hall–Kier alpha value is -0.540. The third-order valence-corrected chi connectivity index (χ3v) is 3.55. The molecule has 2 heterocycles. The number of nitrogens with two attached hydrogens (primary N) is 1. The van der Waals surface area contributed by atoms with Crippen molar-refractivity contribution in [1.82, 2.24) is 0 Å². The molecule has 0 amide bonds. The van der Waals surface area contributed by atoms with Gasteiger partial charge >= 0.3 is 0 Å². The maximum absolute atomic E-state index is 2.39. The molecule has 0 saturated carbocycles. The van der Waals surface area contributed by atoms with Crippen LogP contribution < -0.4 is 35.0 Å². The Bertz CT molecular complexity index is 455. The number of likely N-dealkylation sites (N-methyl/N-ethyl adjacent to an activating group) is 1. The van der Waals surface area contributed by atoms with Gasteiger partial charge in [0.2, 0.25) is 0 Å². The van der Waals surface area contributed by atoms with Crippen LogP contribution in [0.15, 0.2) is 23.9 Å². The molecule has 0 bridgehead atoms. The van der Waals surface area contributed by atoms with Crippen molar-refractivity contribution in [3.05, 3.63) is 35.0 Å². The normalized spacial score (nSPS) is 21.2. The quantitative estimate of drug-likeness (QED) is 0.439. The molecule has 4 heteroatoms. The minimum Gasteiger partial charge on any atom is -1.00 e.